The van der Waals surface area contributed by atoms with Crippen LogP contribution in [0.5, 0.6) is 0 Å². The lowest BCUT2D eigenvalue weighted by molar-refractivity contribution is -0.142. The van der Waals surface area contributed by atoms with Crippen molar-refractivity contribution in [2.45, 2.75) is 37.5 Å². The molecule has 35 heavy (non-hydrogen) atoms. The molecule has 3 aromatic rings. The molecule has 0 radical (unpaired) electrons. The molecule has 1 aliphatic heterocycles. The highest BCUT2D eigenvalue weighted by Gasteiger charge is 2.48. The van der Waals surface area contributed by atoms with Gasteiger partial charge in [-0.25, -0.2) is 13.9 Å². The minimum Gasteiger partial charge on any atom is -0.441 e. The number of benzene rings is 1. The molecule has 184 valence electrons. The average Bonchev–Trinajstić information content (AvgIpc) is 3.41. The number of alkyl halides is 3. The van der Waals surface area contributed by atoms with Gasteiger partial charge >= 0.3 is 12.3 Å². The maximum Gasteiger partial charge on any atom is 0.433 e. The molecular weight excluding hydrogens is 468 g/mol. The zero-order valence-corrected chi connectivity index (χ0v) is 18.5. The van der Waals surface area contributed by atoms with E-state index in [1.165, 1.54) is 29.3 Å². The summed E-state index contributed by atoms with van der Waals surface area (Å²) >= 11 is 0. The number of carbonyl (C=O) groups is 1. The van der Waals surface area contributed by atoms with Crippen LogP contribution in [0.1, 0.15) is 31.4 Å². The normalized spacial score (nSPS) is 22.5. The predicted molar refractivity (Wildman–Crippen MR) is 118 cm³/mol. The van der Waals surface area contributed by atoms with Crippen LogP contribution in [0.15, 0.2) is 48.7 Å². The predicted octanol–water partition coefficient (Wildman–Crippen LogP) is 4.82. The van der Waals surface area contributed by atoms with Crippen molar-refractivity contribution in [2.24, 2.45) is 5.92 Å². The largest absolute Gasteiger partial charge is 0.441 e. The van der Waals surface area contributed by atoms with Gasteiger partial charge in [-0.1, -0.05) is 12.1 Å². The van der Waals surface area contributed by atoms with Gasteiger partial charge in [0.15, 0.2) is 11.5 Å². The van der Waals surface area contributed by atoms with Gasteiger partial charge in [0.05, 0.1) is 6.54 Å². The third-order valence-electron chi connectivity index (χ3n) is 6.47. The van der Waals surface area contributed by atoms with Gasteiger partial charge in [0.1, 0.15) is 22.9 Å². The number of anilines is 2. The smallest absolute Gasteiger partial charge is 0.433 e. The fraction of sp³-hybridized carbons (Fsp3) is 0.391. The van der Waals surface area contributed by atoms with Crippen molar-refractivity contribution in [1.82, 2.24) is 20.0 Å². The molecule has 1 aromatic carbocycles. The molecule has 0 atom stereocenters. The molecule has 12 heteroatoms. The van der Waals surface area contributed by atoms with Crippen LogP contribution in [-0.4, -0.2) is 44.8 Å². The Balaban J connectivity index is 1.23. The van der Waals surface area contributed by atoms with Crippen LogP contribution in [0.3, 0.4) is 0 Å². The summed E-state index contributed by atoms with van der Waals surface area (Å²) in [6.45, 7) is 0.774. The number of rotatable bonds is 5. The van der Waals surface area contributed by atoms with Crippen LogP contribution >= 0.6 is 0 Å². The summed E-state index contributed by atoms with van der Waals surface area (Å²) in [5.41, 5.74) is -1.95. The lowest BCUT2D eigenvalue weighted by atomic mass is 9.78. The fourth-order valence-corrected chi connectivity index (χ4v) is 4.63. The number of nitrogens with zero attached hydrogens (tertiary/aromatic N) is 5. The van der Waals surface area contributed by atoms with Crippen molar-refractivity contribution in [3.05, 3.63) is 60.2 Å². The van der Waals surface area contributed by atoms with Crippen molar-refractivity contribution >= 4 is 17.7 Å². The minimum absolute atomic E-state index is 0.0157. The van der Waals surface area contributed by atoms with Crippen LogP contribution in [-0.2, 0) is 10.9 Å². The van der Waals surface area contributed by atoms with Gasteiger partial charge in [-0.3, -0.25) is 4.90 Å². The van der Waals surface area contributed by atoms with Gasteiger partial charge in [0.2, 0.25) is 0 Å². The molecule has 2 fully saturated rings. The monoisotopic (exact) mass is 490 g/mol. The molecule has 1 saturated heterocycles. The van der Waals surface area contributed by atoms with E-state index >= 15 is 0 Å². The minimum atomic E-state index is -4.70. The number of halogens is 4. The highest BCUT2D eigenvalue weighted by molar-refractivity contribution is 5.89. The van der Waals surface area contributed by atoms with E-state index < -0.39 is 29.4 Å². The lowest BCUT2D eigenvalue weighted by Gasteiger charge is -2.35. The first-order valence-electron chi connectivity index (χ1n) is 11.2. The number of para-hydroxylation sites is 1. The Kier molecular flexibility index (Phi) is 5.81. The summed E-state index contributed by atoms with van der Waals surface area (Å²) in [5, 5.41) is 14.7. The zero-order valence-electron chi connectivity index (χ0n) is 18.5. The van der Waals surface area contributed by atoms with E-state index in [9.17, 15) is 22.4 Å². The number of carbonyl (C=O) groups excluding carboxylic acids is 1. The standard InChI is InChI=1S/C23H22F4N6O2/c24-16-4-1-2-5-17(16)33-18(23(25,26)27)12-19(31-33)28-13-15-7-9-22(10-8-15)14-32(21(34)35-22)20-6-3-11-29-30-20/h1-6,11-12,15H,7-10,13-14H2,(H,28,31)/t15-,22-. The van der Waals surface area contributed by atoms with E-state index in [4.69, 9.17) is 4.74 Å². The van der Waals surface area contributed by atoms with Crippen molar-refractivity contribution in [3.8, 4) is 5.69 Å². The van der Waals surface area contributed by atoms with Crippen LogP contribution < -0.4 is 10.2 Å². The van der Waals surface area contributed by atoms with Gasteiger partial charge < -0.3 is 10.1 Å². The van der Waals surface area contributed by atoms with Crippen LogP contribution in [0.25, 0.3) is 5.69 Å². The van der Waals surface area contributed by atoms with E-state index in [1.54, 1.807) is 12.1 Å². The van der Waals surface area contributed by atoms with Gasteiger partial charge in [0, 0.05) is 18.8 Å². The number of ether oxygens (including phenoxy) is 1. The van der Waals surface area contributed by atoms with Crippen molar-refractivity contribution < 1.29 is 27.1 Å². The van der Waals surface area contributed by atoms with E-state index in [-0.39, 0.29) is 17.4 Å². The van der Waals surface area contributed by atoms with Gasteiger partial charge in [-0.2, -0.15) is 18.3 Å². The molecular formula is C23H22F4N6O2. The number of hydrogen-bond acceptors (Lipinski definition) is 6. The third-order valence-corrected chi connectivity index (χ3v) is 6.47. The third kappa shape index (κ3) is 4.64. The Morgan fingerprint density at radius 1 is 1.14 bits per heavy atom. The first-order valence-corrected chi connectivity index (χ1v) is 11.2. The Labute approximate surface area is 197 Å². The van der Waals surface area contributed by atoms with Crippen LogP contribution in [0.4, 0.5) is 34.0 Å². The maximum absolute atomic E-state index is 14.1. The molecule has 1 amide bonds. The van der Waals surface area contributed by atoms with Crippen LogP contribution in [0, 0.1) is 11.7 Å². The Hall–Kier alpha value is -3.70. The van der Waals surface area contributed by atoms with E-state index in [1.807, 2.05) is 0 Å². The van der Waals surface area contributed by atoms with Gasteiger partial charge in [-0.05, 0) is 55.9 Å². The number of amides is 1. The second kappa shape index (κ2) is 8.82. The molecule has 1 spiro atoms. The zero-order chi connectivity index (χ0) is 24.6. The molecule has 1 N–H and O–H groups in total. The van der Waals surface area contributed by atoms with Gasteiger partial charge in [0.25, 0.3) is 0 Å². The van der Waals surface area contributed by atoms with Crippen LogP contribution in [0.2, 0.25) is 0 Å². The van der Waals surface area contributed by atoms with Crippen molar-refractivity contribution in [1.29, 1.82) is 0 Å². The van der Waals surface area contributed by atoms with E-state index in [0.29, 0.717) is 36.4 Å². The topological polar surface area (TPSA) is 85.2 Å². The average molecular weight is 490 g/mol. The molecule has 0 bridgehead atoms. The van der Waals surface area contributed by atoms with Crippen molar-refractivity contribution in [3.63, 3.8) is 0 Å². The molecule has 0 unspecified atom stereocenters. The molecule has 8 nitrogen and oxygen atoms in total. The maximum atomic E-state index is 14.1. The summed E-state index contributed by atoms with van der Waals surface area (Å²) in [7, 11) is 0. The quantitative estimate of drug-likeness (QED) is 0.517. The van der Waals surface area contributed by atoms with Gasteiger partial charge in [-0.15, -0.1) is 10.2 Å². The summed E-state index contributed by atoms with van der Waals surface area (Å²) < 4.78 is 61.1. The number of nitrogens with one attached hydrogen (secondary N) is 1. The molecule has 1 aliphatic carbocycles. The highest BCUT2D eigenvalue weighted by atomic mass is 19.4. The van der Waals surface area contributed by atoms with E-state index in [0.717, 1.165) is 25.0 Å². The molecule has 3 heterocycles. The number of aromatic nitrogens is 4. The second-order valence-electron chi connectivity index (χ2n) is 8.82. The van der Waals surface area contributed by atoms with Crippen molar-refractivity contribution in [2.75, 3.05) is 23.3 Å². The summed E-state index contributed by atoms with van der Waals surface area (Å²) in [6.07, 6.45) is -0.952. The summed E-state index contributed by atoms with van der Waals surface area (Å²) in [5.74, 6) is -0.198. The first-order chi connectivity index (χ1) is 16.7. The van der Waals surface area contributed by atoms with E-state index in [2.05, 4.69) is 20.6 Å². The Morgan fingerprint density at radius 3 is 2.60 bits per heavy atom. The first kappa shape index (κ1) is 23.1. The molecule has 2 aromatic heterocycles. The molecule has 1 saturated carbocycles. The fourth-order valence-electron chi connectivity index (χ4n) is 4.63. The summed E-state index contributed by atoms with van der Waals surface area (Å²) in [4.78, 5) is 13.9. The summed E-state index contributed by atoms with van der Waals surface area (Å²) in [6, 6.07) is 9.46. The number of hydrogen-bond donors (Lipinski definition) is 1. The SMILES string of the molecule is O=C1O[C@]2(CC[C@H](CNc3cc(C(F)(F)F)n(-c4ccccc4F)n3)CC2)CN1c1cccnn1. The molecule has 5 rings (SSSR count). The second-order valence-corrected chi connectivity index (χ2v) is 8.82. The lowest BCUT2D eigenvalue weighted by Crippen LogP contribution is -2.39. The molecule has 2 aliphatic rings. The Bertz CT molecular complexity index is 1210. The highest BCUT2D eigenvalue weighted by Crippen LogP contribution is 2.40. The Morgan fingerprint density at radius 2 is 1.91 bits per heavy atom.